The fourth-order valence-corrected chi connectivity index (χ4v) is 6.25. The van der Waals surface area contributed by atoms with Crippen LogP contribution in [0.4, 0.5) is 0 Å². The molecule has 274 valence electrons. The lowest BCUT2D eigenvalue weighted by Gasteiger charge is -2.26. The predicted octanol–water partition coefficient (Wildman–Crippen LogP) is 5.36. The Bertz CT molecular complexity index is 1910. The van der Waals surface area contributed by atoms with Crippen molar-refractivity contribution in [1.29, 1.82) is 5.26 Å². The van der Waals surface area contributed by atoms with E-state index in [1.54, 1.807) is 12.3 Å². The van der Waals surface area contributed by atoms with Crippen molar-refractivity contribution in [2.24, 2.45) is 0 Å². The topological polar surface area (TPSA) is 157 Å². The number of carbonyl (C=O) groups excluding carboxylic acids is 1. The van der Waals surface area contributed by atoms with Gasteiger partial charge in [-0.2, -0.15) is 5.26 Å². The summed E-state index contributed by atoms with van der Waals surface area (Å²) in [5.74, 6) is 0.642. The van der Waals surface area contributed by atoms with Gasteiger partial charge in [-0.25, -0.2) is 0 Å². The second kappa shape index (κ2) is 17.7. The number of hydrogen-bond donors (Lipinski definition) is 4. The van der Waals surface area contributed by atoms with E-state index >= 15 is 0 Å². The van der Waals surface area contributed by atoms with E-state index in [0.29, 0.717) is 17.7 Å². The van der Waals surface area contributed by atoms with Crippen LogP contribution in [0.25, 0.3) is 11.1 Å². The van der Waals surface area contributed by atoms with Gasteiger partial charge in [0.1, 0.15) is 36.5 Å². The molecule has 11 nitrogen and oxygen atoms in total. The maximum Gasteiger partial charge on any atom is 0.255 e. The van der Waals surface area contributed by atoms with E-state index in [0.717, 1.165) is 66.0 Å². The van der Waals surface area contributed by atoms with Crippen molar-refractivity contribution in [3.8, 4) is 34.4 Å². The molecule has 12 heteroatoms. The van der Waals surface area contributed by atoms with Crippen molar-refractivity contribution in [3.05, 3.63) is 105 Å². The number of nitrogens with one attached hydrogen (secondary N) is 1. The van der Waals surface area contributed by atoms with E-state index in [9.17, 15) is 25.4 Å². The number of β-amino-alcohol motifs (C(OH)–C–C–N with tert-alkyl or cyclic N) is 1. The number of ether oxygens (including phenoxy) is 3. The van der Waals surface area contributed by atoms with Crippen LogP contribution in [0.1, 0.15) is 57.9 Å². The third-order valence-corrected chi connectivity index (χ3v) is 9.53. The molecule has 0 saturated carbocycles. The average molecular weight is 729 g/mol. The van der Waals surface area contributed by atoms with Crippen molar-refractivity contribution >= 4 is 17.5 Å². The van der Waals surface area contributed by atoms with Gasteiger partial charge in [-0.05, 0) is 79.6 Å². The monoisotopic (exact) mass is 728 g/mol. The van der Waals surface area contributed by atoms with Gasteiger partial charge in [-0.3, -0.25) is 9.78 Å². The van der Waals surface area contributed by atoms with Crippen LogP contribution in [0.2, 0.25) is 5.02 Å². The standard InChI is InChI=1S/C40H45ClN4O7/c1-26-30(7-4-8-32(26)33-9-5-10-36(27(33)2)50-14-6-12-45-13-11-31(48)21-45)23-52-38-17-37(51-22-29-15-28(18-42)19-43-20-29)34(16-35(38)41)39(49)44-40(3,24-46)25-47/h4-5,7-10,15-17,19-20,31,46-48H,6,11-14,21-25H2,1-3H3,(H,44,49). The van der Waals surface area contributed by atoms with Crippen LogP contribution in [-0.4, -0.2) is 82.2 Å². The van der Waals surface area contributed by atoms with E-state index in [2.05, 4.69) is 34.3 Å². The van der Waals surface area contributed by atoms with Crippen LogP contribution in [0, 0.1) is 25.2 Å². The number of carbonyl (C=O) groups is 1. The molecule has 4 aromatic rings. The summed E-state index contributed by atoms with van der Waals surface area (Å²) in [7, 11) is 0. The first kappa shape index (κ1) is 38.5. The number of likely N-dealkylation sites (tertiary alicyclic amines) is 1. The van der Waals surface area contributed by atoms with Gasteiger partial charge in [0, 0.05) is 43.7 Å². The van der Waals surface area contributed by atoms with Gasteiger partial charge in [0.15, 0.2) is 0 Å². The van der Waals surface area contributed by atoms with Crippen molar-refractivity contribution in [3.63, 3.8) is 0 Å². The Balaban J connectivity index is 1.33. The van der Waals surface area contributed by atoms with Crippen LogP contribution < -0.4 is 19.5 Å². The molecule has 1 unspecified atom stereocenters. The normalized spacial score (nSPS) is 14.5. The minimum Gasteiger partial charge on any atom is -0.493 e. The minimum absolute atomic E-state index is 0.00694. The number of amides is 1. The van der Waals surface area contributed by atoms with Crippen LogP contribution in [0.15, 0.2) is 67.0 Å². The molecule has 0 radical (unpaired) electrons. The molecule has 0 aliphatic carbocycles. The maximum absolute atomic E-state index is 13.4. The highest BCUT2D eigenvalue weighted by Crippen LogP contribution is 2.36. The summed E-state index contributed by atoms with van der Waals surface area (Å²) in [5, 5.41) is 41.4. The summed E-state index contributed by atoms with van der Waals surface area (Å²) in [5.41, 5.74) is 4.84. The van der Waals surface area contributed by atoms with Crippen molar-refractivity contribution in [2.75, 3.05) is 39.5 Å². The zero-order valence-corrected chi connectivity index (χ0v) is 30.4. The largest absolute Gasteiger partial charge is 0.493 e. The second-order valence-electron chi connectivity index (χ2n) is 13.3. The number of aliphatic hydroxyl groups is 3. The molecule has 1 aliphatic rings. The summed E-state index contributed by atoms with van der Waals surface area (Å²) in [4.78, 5) is 19.7. The average Bonchev–Trinajstić information content (AvgIpc) is 3.57. The molecule has 4 N–H and O–H groups in total. The Kier molecular flexibility index (Phi) is 13.1. The summed E-state index contributed by atoms with van der Waals surface area (Å²) >= 11 is 6.67. The summed E-state index contributed by atoms with van der Waals surface area (Å²) in [6, 6.07) is 18.7. The summed E-state index contributed by atoms with van der Waals surface area (Å²) in [6.45, 7) is 7.91. The highest BCUT2D eigenvalue weighted by molar-refractivity contribution is 6.32. The van der Waals surface area contributed by atoms with Gasteiger partial charge in [-0.15, -0.1) is 0 Å². The Hall–Kier alpha value is -4.70. The van der Waals surface area contributed by atoms with Gasteiger partial charge in [0.2, 0.25) is 0 Å². The smallest absolute Gasteiger partial charge is 0.255 e. The number of aliphatic hydroxyl groups excluding tert-OH is 3. The fourth-order valence-electron chi connectivity index (χ4n) is 6.04. The molecule has 52 heavy (non-hydrogen) atoms. The zero-order valence-electron chi connectivity index (χ0n) is 29.7. The minimum atomic E-state index is -1.29. The SMILES string of the molecule is Cc1c(COc2cc(OCc3cncc(C#N)c3)c(C(=O)NC(C)(CO)CO)cc2Cl)cccc1-c1cccc(OCCCN2CCC(O)C2)c1C. The number of benzene rings is 3. The van der Waals surface area contributed by atoms with Gasteiger partial charge in [0.25, 0.3) is 5.91 Å². The molecule has 2 heterocycles. The lowest BCUT2D eigenvalue weighted by atomic mass is 9.93. The summed E-state index contributed by atoms with van der Waals surface area (Å²) in [6.07, 6.45) is 4.48. The first-order chi connectivity index (χ1) is 25.0. The molecule has 1 aliphatic heterocycles. The first-order valence-corrected chi connectivity index (χ1v) is 17.6. The van der Waals surface area contributed by atoms with Gasteiger partial charge in [0.05, 0.1) is 47.6 Å². The molecule has 3 aromatic carbocycles. The number of nitriles is 1. The molecular weight excluding hydrogens is 684 g/mol. The Morgan fingerprint density at radius 3 is 2.44 bits per heavy atom. The number of hydrogen-bond acceptors (Lipinski definition) is 10. The third kappa shape index (κ3) is 9.59. The van der Waals surface area contributed by atoms with E-state index in [-0.39, 0.29) is 41.4 Å². The number of aromatic nitrogens is 1. The van der Waals surface area contributed by atoms with Crippen molar-refractivity contribution in [2.45, 2.75) is 58.5 Å². The molecule has 5 rings (SSSR count). The van der Waals surface area contributed by atoms with Gasteiger partial charge >= 0.3 is 0 Å². The highest BCUT2D eigenvalue weighted by Gasteiger charge is 2.28. The molecule has 1 saturated heterocycles. The molecule has 0 bridgehead atoms. The molecule has 1 aromatic heterocycles. The fraction of sp³-hybridized carbons (Fsp3) is 0.375. The van der Waals surface area contributed by atoms with Crippen LogP contribution in [0.5, 0.6) is 17.2 Å². The maximum atomic E-state index is 13.4. The van der Waals surface area contributed by atoms with E-state index in [1.165, 1.54) is 25.3 Å². The quantitative estimate of drug-likeness (QED) is 0.111. The lowest BCUT2D eigenvalue weighted by molar-refractivity contribution is 0.0720. The van der Waals surface area contributed by atoms with Crippen LogP contribution >= 0.6 is 11.6 Å². The lowest BCUT2D eigenvalue weighted by Crippen LogP contribution is -2.51. The zero-order chi connectivity index (χ0) is 37.3. The predicted molar refractivity (Wildman–Crippen MR) is 198 cm³/mol. The number of nitrogens with zero attached hydrogens (tertiary/aromatic N) is 3. The van der Waals surface area contributed by atoms with Gasteiger partial charge in [-0.1, -0.05) is 41.9 Å². The molecule has 1 atom stereocenters. The molecule has 1 fully saturated rings. The van der Waals surface area contributed by atoms with E-state index < -0.39 is 24.7 Å². The number of pyridine rings is 1. The van der Waals surface area contributed by atoms with Crippen LogP contribution in [-0.2, 0) is 13.2 Å². The Labute approximate surface area is 309 Å². The first-order valence-electron chi connectivity index (χ1n) is 17.2. The van der Waals surface area contributed by atoms with Crippen LogP contribution in [0.3, 0.4) is 0 Å². The number of rotatable bonds is 16. The number of halogens is 1. The highest BCUT2D eigenvalue weighted by atomic mass is 35.5. The summed E-state index contributed by atoms with van der Waals surface area (Å²) < 4.78 is 18.5. The molecule has 0 spiro atoms. The van der Waals surface area contributed by atoms with E-state index in [4.69, 9.17) is 25.8 Å². The van der Waals surface area contributed by atoms with Crippen molar-refractivity contribution < 1.29 is 34.3 Å². The third-order valence-electron chi connectivity index (χ3n) is 9.24. The Morgan fingerprint density at radius 2 is 1.73 bits per heavy atom. The van der Waals surface area contributed by atoms with Crippen molar-refractivity contribution in [1.82, 2.24) is 15.2 Å². The van der Waals surface area contributed by atoms with Gasteiger partial charge < -0.3 is 39.7 Å². The second-order valence-corrected chi connectivity index (χ2v) is 13.8. The molecule has 1 amide bonds. The molecular formula is C40H45ClN4O7. The Morgan fingerprint density at radius 1 is 1.00 bits per heavy atom. The van der Waals surface area contributed by atoms with E-state index in [1.807, 2.05) is 37.3 Å².